The zero-order valence-electron chi connectivity index (χ0n) is 12.7. The Morgan fingerprint density at radius 1 is 1.35 bits per heavy atom. The standard InChI is InChI=1S/C17H25NO2/c1-4-20-17(19)14-8-6-9-15(11-14)18-16-10-5-7-12(2)13(16)3/h6,8-9,11-13,16,18H,4-5,7,10H2,1-3H3. The molecule has 1 fully saturated rings. The van der Waals surface area contributed by atoms with Crippen molar-refractivity contribution in [2.75, 3.05) is 11.9 Å². The van der Waals surface area contributed by atoms with Gasteiger partial charge in [0.05, 0.1) is 12.2 Å². The number of ether oxygens (including phenoxy) is 1. The second-order valence-corrected chi connectivity index (χ2v) is 5.82. The highest BCUT2D eigenvalue weighted by atomic mass is 16.5. The average Bonchev–Trinajstić information content (AvgIpc) is 2.44. The van der Waals surface area contributed by atoms with E-state index in [4.69, 9.17) is 4.74 Å². The molecule has 110 valence electrons. The minimum Gasteiger partial charge on any atom is -0.462 e. The van der Waals surface area contributed by atoms with E-state index in [-0.39, 0.29) is 5.97 Å². The van der Waals surface area contributed by atoms with E-state index in [0.717, 1.165) is 11.6 Å². The molecule has 2 rings (SSSR count). The van der Waals surface area contributed by atoms with Crippen molar-refractivity contribution in [3.05, 3.63) is 29.8 Å². The predicted molar refractivity (Wildman–Crippen MR) is 82.0 cm³/mol. The van der Waals surface area contributed by atoms with E-state index < -0.39 is 0 Å². The summed E-state index contributed by atoms with van der Waals surface area (Å²) in [4.78, 5) is 11.8. The maximum Gasteiger partial charge on any atom is 0.338 e. The molecule has 0 aliphatic heterocycles. The maximum absolute atomic E-state index is 11.8. The monoisotopic (exact) mass is 275 g/mol. The van der Waals surface area contributed by atoms with Gasteiger partial charge in [-0.15, -0.1) is 0 Å². The summed E-state index contributed by atoms with van der Waals surface area (Å²) in [6, 6.07) is 8.12. The van der Waals surface area contributed by atoms with Crippen molar-refractivity contribution in [2.24, 2.45) is 11.8 Å². The topological polar surface area (TPSA) is 38.3 Å². The zero-order chi connectivity index (χ0) is 14.5. The Hall–Kier alpha value is -1.51. The van der Waals surface area contributed by atoms with E-state index in [2.05, 4.69) is 19.2 Å². The minimum absolute atomic E-state index is 0.249. The lowest BCUT2D eigenvalue weighted by atomic mass is 9.78. The number of carbonyl (C=O) groups excluding carboxylic acids is 1. The van der Waals surface area contributed by atoms with E-state index in [0.29, 0.717) is 24.1 Å². The molecule has 0 bridgehead atoms. The Morgan fingerprint density at radius 2 is 2.15 bits per heavy atom. The molecule has 3 atom stereocenters. The van der Waals surface area contributed by atoms with E-state index >= 15 is 0 Å². The largest absolute Gasteiger partial charge is 0.462 e. The van der Waals surface area contributed by atoms with Crippen LogP contribution in [0, 0.1) is 11.8 Å². The molecule has 1 aliphatic rings. The molecule has 0 aromatic heterocycles. The molecule has 1 aromatic carbocycles. The fourth-order valence-electron chi connectivity index (χ4n) is 2.95. The first-order valence-corrected chi connectivity index (χ1v) is 7.65. The van der Waals surface area contributed by atoms with Crippen molar-refractivity contribution < 1.29 is 9.53 Å². The smallest absolute Gasteiger partial charge is 0.338 e. The van der Waals surface area contributed by atoms with E-state index in [1.54, 1.807) is 6.07 Å². The summed E-state index contributed by atoms with van der Waals surface area (Å²) in [5.74, 6) is 1.17. The molecular weight excluding hydrogens is 250 g/mol. The van der Waals surface area contributed by atoms with Crippen molar-refractivity contribution in [2.45, 2.75) is 46.1 Å². The van der Waals surface area contributed by atoms with Gasteiger partial charge in [-0.25, -0.2) is 4.79 Å². The van der Waals surface area contributed by atoms with Crippen LogP contribution in [0.1, 0.15) is 50.4 Å². The molecule has 1 saturated carbocycles. The van der Waals surface area contributed by atoms with Crippen LogP contribution in [-0.4, -0.2) is 18.6 Å². The van der Waals surface area contributed by atoms with Gasteiger partial charge in [0.25, 0.3) is 0 Å². The Kier molecular flexibility index (Phi) is 5.05. The first kappa shape index (κ1) is 14.9. The van der Waals surface area contributed by atoms with Crippen LogP contribution in [0.15, 0.2) is 24.3 Å². The Labute approximate surface area is 121 Å². The quantitative estimate of drug-likeness (QED) is 0.841. The summed E-state index contributed by atoms with van der Waals surface area (Å²) in [6.07, 6.45) is 3.80. The number of anilines is 1. The zero-order valence-corrected chi connectivity index (χ0v) is 12.7. The molecule has 0 amide bonds. The molecule has 1 N–H and O–H groups in total. The summed E-state index contributed by atoms with van der Waals surface area (Å²) < 4.78 is 5.04. The molecule has 0 heterocycles. The highest BCUT2D eigenvalue weighted by Crippen LogP contribution is 2.31. The van der Waals surface area contributed by atoms with Gasteiger partial charge in [0, 0.05) is 11.7 Å². The van der Waals surface area contributed by atoms with Gasteiger partial charge in [-0.05, 0) is 43.4 Å². The van der Waals surface area contributed by atoms with Crippen LogP contribution < -0.4 is 5.32 Å². The van der Waals surface area contributed by atoms with E-state index in [1.807, 2.05) is 25.1 Å². The van der Waals surface area contributed by atoms with E-state index in [9.17, 15) is 4.79 Å². The summed E-state index contributed by atoms with van der Waals surface area (Å²) in [6.45, 7) is 6.88. The molecular formula is C17H25NO2. The SMILES string of the molecule is CCOC(=O)c1cccc(NC2CCCC(C)C2C)c1. The number of carbonyl (C=O) groups is 1. The predicted octanol–water partition coefficient (Wildman–Crippen LogP) is 4.10. The van der Waals surface area contributed by atoms with Crippen molar-refractivity contribution in [3.63, 3.8) is 0 Å². The molecule has 3 heteroatoms. The average molecular weight is 275 g/mol. The summed E-state index contributed by atoms with van der Waals surface area (Å²) in [7, 11) is 0. The third-order valence-electron chi connectivity index (χ3n) is 4.43. The first-order chi connectivity index (χ1) is 9.61. The Morgan fingerprint density at radius 3 is 2.90 bits per heavy atom. The van der Waals surface area contributed by atoms with Crippen molar-refractivity contribution >= 4 is 11.7 Å². The third-order valence-corrected chi connectivity index (χ3v) is 4.43. The molecule has 0 saturated heterocycles. The van der Waals surface area contributed by atoms with Crippen LogP contribution >= 0.6 is 0 Å². The number of nitrogens with one attached hydrogen (secondary N) is 1. The number of hydrogen-bond acceptors (Lipinski definition) is 3. The fraction of sp³-hybridized carbons (Fsp3) is 0.588. The van der Waals surface area contributed by atoms with Gasteiger partial charge in [0.1, 0.15) is 0 Å². The van der Waals surface area contributed by atoms with Crippen LogP contribution in [-0.2, 0) is 4.74 Å². The Balaban J connectivity index is 2.06. The van der Waals surface area contributed by atoms with Crippen molar-refractivity contribution in [1.82, 2.24) is 0 Å². The van der Waals surface area contributed by atoms with Crippen LogP contribution in [0.3, 0.4) is 0 Å². The number of esters is 1. The fourth-order valence-corrected chi connectivity index (χ4v) is 2.95. The van der Waals surface area contributed by atoms with Gasteiger partial charge in [-0.3, -0.25) is 0 Å². The lowest BCUT2D eigenvalue weighted by molar-refractivity contribution is 0.0526. The normalized spacial score (nSPS) is 26.1. The molecule has 3 unspecified atom stereocenters. The Bertz CT molecular complexity index is 458. The second-order valence-electron chi connectivity index (χ2n) is 5.82. The van der Waals surface area contributed by atoms with Gasteiger partial charge in [-0.2, -0.15) is 0 Å². The molecule has 20 heavy (non-hydrogen) atoms. The summed E-state index contributed by atoms with van der Waals surface area (Å²) >= 11 is 0. The molecule has 1 aromatic rings. The van der Waals surface area contributed by atoms with Crippen molar-refractivity contribution in [1.29, 1.82) is 0 Å². The lowest BCUT2D eigenvalue weighted by Crippen LogP contribution is -2.35. The van der Waals surface area contributed by atoms with Gasteiger partial charge >= 0.3 is 5.97 Å². The molecule has 0 spiro atoms. The molecule has 1 aliphatic carbocycles. The van der Waals surface area contributed by atoms with Crippen LogP contribution in [0.2, 0.25) is 0 Å². The molecule has 0 radical (unpaired) electrons. The third kappa shape index (κ3) is 3.53. The van der Waals surface area contributed by atoms with Gasteiger partial charge < -0.3 is 10.1 Å². The van der Waals surface area contributed by atoms with Crippen LogP contribution in [0.25, 0.3) is 0 Å². The highest BCUT2D eigenvalue weighted by molar-refractivity contribution is 5.90. The minimum atomic E-state index is -0.249. The number of hydrogen-bond donors (Lipinski definition) is 1. The first-order valence-electron chi connectivity index (χ1n) is 7.65. The van der Waals surface area contributed by atoms with Crippen LogP contribution in [0.4, 0.5) is 5.69 Å². The summed E-state index contributed by atoms with van der Waals surface area (Å²) in [5.41, 5.74) is 1.63. The number of rotatable bonds is 4. The molecule has 3 nitrogen and oxygen atoms in total. The van der Waals surface area contributed by atoms with Crippen LogP contribution in [0.5, 0.6) is 0 Å². The lowest BCUT2D eigenvalue weighted by Gasteiger charge is -2.35. The highest BCUT2D eigenvalue weighted by Gasteiger charge is 2.26. The van der Waals surface area contributed by atoms with Gasteiger partial charge in [0.15, 0.2) is 0 Å². The van der Waals surface area contributed by atoms with Crippen molar-refractivity contribution in [3.8, 4) is 0 Å². The number of benzene rings is 1. The van der Waals surface area contributed by atoms with Gasteiger partial charge in [0.2, 0.25) is 0 Å². The van der Waals surface area contributed by atoms with Gasteiger partial charge in [-0.1, -0.05) is 32.8 Å². The maximum atomic E-state index is 11.8. The van der Waals surface area contributed by atoms with E-state index in [1.165, 1.54) is 19.3 Å². The summed E-state index contributed by atoms with van der Waals surface area (Å²) in [5, 5.41) is 3.59. The second kappa shape index (κ2) is 6.78.